The van der Waals surface area contributed by atoms with E-state index in [1.807, 2.05) is 41.9 Å². The molecule has 0 aliphatic carbocycles. The van der Waals surface area contributed by atoms with Crippen molar-refractivity contribution in [1.29, 1.82) is 0 Å². The maximum Gasteiger partial charge on any atom is 0.244 e. The molecule has 0 fully saturated rings. The van der Waals surface area contributed by atoms with Crippen molar-refractivity contribution >= 4 is 10.0 Å². The fourth-order valence-corrected chi connectivity index (χ4v) is 4.44. The summed E-state index contributed by atoms with van der Waals surface area (Å²) >= 11 is 0. The summed E-state index contributed by atoms with van der Waals surface area (Å²) in [5.74, 6) is 1.44. The molecule has 142 valence electrons. The van der Waals surface area contributed by atoms with Crippen molar-refractivity contribution < 1.29 is 8.42 Å². The Balaban J connectivity index is 1.52. The van der Waals surface area contributed by atoms with Gasteiger partial charge >= 0.3 is 0 Å². The van der Waals surface area contributed by atoms with Gasteiger partial charge in [-0.1, -0.05) is 37.3 Å². The normalized spacial score (nSPS) is 17.0. The largest absolute Gasteiger partial charge is 0.267 e. The zero-order valence-electron chi connectivity index (χ0n) is 15.1. The van der Waals surface area contributed by atoms with Crippen LogP contribution in [0.3, 0.4) is 0 Å². The molecule has 1 aliphatic heterocycles. The molecule has 1 aromatic carbocycles. The highest BCUT2D eigenvalue weighted by molar-refractivity contribution is 7.89. The van der Waals surface area contributed by atoms with E-state index in [4.69, 9.17) is 0 Å². The fourth-order valence-electron chi connectivity index (χ4n) is 3.26. The first-order valence-corrected chi connectivity index (χ1v) is 10.6. The molecule has 0 saturated heterocycles. The summed E-state index contributed by atoms with van der Waals surface area (Å²) in [6.07, 6.45) is 5.24. The van der Waals surface area contributed by atoms with E-state index < -0.39 is 10.0 Å². The Morgan fingerprint density at radius 3 is 2.85 bits per heavy atom. The summed E-state index contributed by atoms with van der Waals surface area (Å²) in [7, 11) is -3.69. The second-order valence-corrected chi connectivity index (χ2v) is 8.35. The minimum atomic E-state index is -3.69. The molecule has 0 unspecified atom stereocenters. The maximum absolute atomic E-state index is 12.8. The topological polar surface area (TPSA) is 94.7 Å². The summed E-state index contributed by atoms with van der Waals surface area (Å²) < 4.78 is 31.9. The Hall–Kier alpha value is -2.52. The summed E-state index contributed by atoms with van der Waals surface area (Å²) in [5.41, 5.74) is 1.06. The first-order chi connectivity index (χ1) is 13.0. The lowest BCUT2D eigenvalue weighted by Gasteiger charge is -2.22. The van der Waals surface area contributed by atoms with Gasteiger partial charge in [-0.2, -0.15) is 10.2 Å². The van der Waals surface area contributed by atoms with E-state index in [1.54, 1.807) is 10.9 Å². The number of aryl methyl sites for hydroxylation is 2. The van der Waals surface area contributed by atoms with Crippen molar-refractivity contribution in [3.05, 3.63) is 59.9 Å². The van der Waals surface area contributed by atoms with Gasteiger partial charge in [-0.25, -0.2) is 22.8 Å². The van der Waals surface area contributed by atoms with Gasteiger partial charge in [0.2, 0.25) is 10.0 Å². The van der Waals surface area contributed by atoms with Gasteiger partial charge in [0.1, 0.15) is 10.7 Å². The zero-order valence-corrected chi connectivity index (χ0v) is 15.9. The predicted octanol–water partition coefficient (Wildman–Crippen LogP) is 1.90. The average Bonchev–Trinajstić information content (AvgIpc) is 3.30. The highest BCUT2D eigenvalue weighted by atomic mass is 32.2. The van der Waals surface area contributed by atoms with Crippen LogP contribution in [0.5, 0.6) is 0 Å². The van der Waals surface area contributed by atoms with Gasteiger partial charge in [0.25, 0.3) is 0 Å². The van der Waals surface area contributed by atoms with Crippen LogP contribution in [0.25, 0.3) is 0 Å². The van der Waals surface area contributed by atoms with Crippen LogP contribution in [0.1, 0.15) is 43.0 Å². The Labute approximate surface area is 158 Å². The Bertz CT molecular complexity index is 1030. The third kappa shape index (κ3) is 3.79. The van der Waals surface area contributed by atoms with E-state index in [0.717, 1.165) is 30.8 Å². The van der Waals surface area contributed by atoms with E-state index in [-0.39, 0.29) is 10.9 Å². The van der Waals surface area contributed by atoms with Crippen LogP contribution in [0.2, 0.25) is 0 Å². The molecule has 3 heterocycles. The lowest BCUT2D eigenvalue weighted by molar-refractivity contribution is 0.399. The number of aromatic nitrogens is 5. The number of rotatable bonds is 6. The monoisotopic (exact) mass is 386 g/mol. The van der Waals surface area contributed by atoms with Crippen molar-refractivity contribution in [3.63, 3.8) is 0 Å². The van der Waals surface area contributed by atoms with Crippen molar-refractivity contribution in [2.45, 2.75) is 50.2 Å². The van der Waals surface area contributed by atoms with Gasteiger partial charge < -0.3 is 0 Å². The van der Waals surface area contributed by atoms with E-state index in [2.05, 4.69) is 19.9 Å². The molecule has 4 rings (SSSR count). The molecule has 9 heteroatoms. The second-order valence-electron chi connectivity index (χ2n) is 6.64. The predicted molar refractivity (Wildman–Crippen MR) is 99.5 cm³/mol. The molecule has 1 atom stereocenters. The first kappa shape index (κ1) is 17.9. The molecule has 2 aromatic heterocycles. The molecular formula is C18H22N6O2S. The lowest BCUT2D eigenvalue weighted by Crippen LogP contribution is -2.33. The number of hydrogen-bond acceptors (Lipinski definition) is 5. The number of nitrogens with one attached hydrogen (secondary N) is 1. The SMILES string of the molecule is CCc1nc2n(n1)CCC[C@@H]2NS(=O)(=O)c1cnn(Cc2ccccc2)c1. The molecular weight excluding hydrogens is 364 g/mol. The molecule has 8 nitrogen and oxygen atoms in total. The molecule has 0 amide bonds. The number of benzene rings is 1. The number of sulfonamides is 1. The highest BCUT2D eigenvalue weighted by Crippen LogP contribution is 2.25. The summed E-state index contributed by atoms with van der Waals surface area (Å²) in [4.78, 5) is 4.65. The first-order valence-electron chi connectivity index (χ1n) is 9.07. The van der Waals surface area contributed by atoms with Crippen LogP contribution < -0.4 is 4.72 Å². The highest BCUT2D eigenvalue weighted by Gasteiger charge is 2.29. The standard InChI is InChI=1S/C18H22N6O2S/c1-2-17-20-18-16(9-6-10-24(18)21-17)22-27(25,26)15-11-19-23(13-15)12-14-7-4-3-5-8-14/h3-5,7-8,11,13,16,22H,2,6,9-10,12H2,1H3/t16-/m0/s1. The number of fused-ring (bicyclic) bond motifs is 1. The lowest BCUT2D eigenvalue weighted by atomic mass is 10.1. The van der Waals surface area contributed by atoms with Gasteiger partial charge in [0.15, 0.2) is 5.82 Å². The maximum atomic E-state index is 12.8. The summed E-state index contributed by atoms with van der Waals surface area (Å²) in [6.45, 7) is 3.28. The quantitative estimate of drug-likeness (QED) is 0.698. The Morgan fingerprint density at radius 1 is 1.26 bits per heavy atom. The van der Waals surface area contributed by atoms with E-state index in [1.165, 1.54) is 6.20 Å². The molecule has 0 saturated carbocycles. The van der Waals surface area contributed by atoms with Crippen molar-refractivity contribution in [2.24, 2.45) is 0 Å². The molecule has 0 radical (unpaired) electrons. The minimum absolute atomic E-state index is 0.158. The van der Waals surface area contributed by atoms with Gasteiger partial charge in [-0.05, 0) is 18.4 Å². The molecule has 0 bridgehead atoms. The van der Waals surface area contributed by atoms with Crippen LogP contribution in [0.15, 0.2) is 47.6 Å². The Kier molecular flexibility index (Phi) is 4.79. The van der Waals surface area contributed by atoms with Crippen molar-refractivity contribution in [3.8, 4) is 0 Å². The van der Waals surface area contributed by atoms with Crippen LogP contribution >= 0.6 is 0 Å². The third-order valence-corrected chi connectivity index (χ3v) is 6.07. The third-order valence-electron chi connectivity index (χ3n) is 4.64. The van der Waals surface area contributed by atoms with Crippen LogP contribution in [-0.4, -0.2) is 33.0 Å². The van der Waals surface area contributed by atoms with Gasteiger partial charge in [0, 0.05) is 19.2 Å². The van der Waals surface area contributed by atoms with E-state index in [0.29, 0.717) is 18.8 Å². The summed E-state index contributed by atoms with van der Waals surface area (Å²) in [6, 6.07) is 9.43. The minimum Gasteiger partial charge on any atom is -0.267 e. The number of hydrogen-bond donors (Lipinski definition) is 1. The van der Waals surface area contributed by atoms with Gasteiger partial charge in [-0.15, -0.1) is 0 Å². The van der Waals surface area contributed by atoms with E-state index >= 15 is 0 Å². The molecule has 0 spiro atoms. The van der Waals surface area contributed by atoms with E-state index in [9.17, 15) is 8.42 Å². The fraction of sp³-hybridized carbons (Fsp3) is 0.389. The second kappa shape index (κ2) is 7.24. The molecule has 1 N–H and O–H groups in total. The molecule has 3 aromatic rings. The summed E-state index contributed by atoms with van der Waals surface area (Å²) in [5, 5.41) is 8.62. The van der Waals surface area contributed by atoms with Crippen LogP contribution in [0.4, 0.5) is 0 Å². The van der Waals surface area contributed by atoms with Crippen molar-refractivity contribution in [1.82, 2.24) is 29.3 Å². The molecule has 1 aliphatic rings. The van der Waals surface area contributed by atoms with Gasteiger partial charge in [-0.3, -0.25) is 4.68 Å². The molecule has 27 heavy (non-hydrogen) atoms. The zero-order chi connectivity index (χ0) is 18.9. The Morgan fingerprint density at radius 2 is 2.07 bits per heavy atom. The van der Waals surface area contributed by atoms with Gasteiger partial charge in [0.05, 0.1) is 18.8 Å². The van der Waals surface area contributed by atoms with Crippen LogP contribution in [-0.2, 0) is 29.5 Å². The van der Waals surface area contributed by atoms with Crippen LogP contribution in [0, 0.1) is 0 Å². The smallest absolute Gasteiger partial charge is 0.244 e. The van der Waals surface area contributed by atoms with Crippen molar-refractivity contribution in [2.75, 3.05) is 0 Å². The number of nitrogens with zero attached hydrogens (tertiary/aromatic N) is 5. The average molecular weight is 386 g/mol.